The quantitative estimate of drug-likeness (QED) is 0.716. The van der Waals surface area contributed by atoms with Crippen molar-refractivity contribution in [2.75, 3.05) is 26.3 Å². The lowest BCUT2D eigenvalue weighted by molar-refractivity contribution is -0.140. The Bertz CT molecular complexity index is 230. The van der Waals surface area contributed by atoms with Gasteiger partial charge >= 0.3 is 0 Å². The molecule has 2 aliphatic rings. The van der Waals surface area contributed by atoms with Gasteiger partial charge in [-0.15, -0.1) is 0 Å². The lowest BCUT2D eigenvalue weighted by atomic mass is 9.80. The molecule has 1 heterocycles. The molecule has 1 aliphatic carbocycles. The van der Waals surface area contributed by atoms with Gasteiger partial charge in [-0.2, -0.15) is 0 Å². The van der Waals surface area contributed by atoms with E-state index in [2.05, 4.69) is 6.92 Å². The maximum Gasteiger partial charge on any atom is 0.226 e. The first-order valence-corrected chi connectivity index (χ1v) is 6.48. The SMILES string of the molecule is [CH2]C(C(=O)N1CCOCC1)C1CCCCC1. The lowest BCUT2D eigenvalue weighted by Gasteiger charge is -2.33. The highest BCUT2D eigenvalue weighted by Gasteiger charge is 2.29. The third kappa shape index (κ3) is 2.76. The number of ether oxygens (including phenoxy) is 1. The van der Waals surface area contributed by atoms with Gasteiger partial charge in [0.15, 0.2) is 0 Å². The minimum atomic E-state index is -0.0293. The maximum atomic E-state index is 12.2. The molecule has 1 aliphatic heterocycles. The zero-order chi connectivity index (χ0) is 11.4. The standard InChI is InChI=1S/C13H22NO2/c1-11(12-5-3-2-4-6-12)13(15)14-7-9-16-10-8-14/h11-12H,1-10H2. The topological polar surface area (TPSA) is 29.5 Å². The van der Waals surface area contributed by atoms with E-state index < -0.39 is 0 Å². The van der Waals surface area contributed by atoms with E-state index in [-0.39, 0.29) is 11.8 Å². The fraction of sp³-hybridized carbons (Fsp3) is 0.846. The van der Waals surface area contributed by atoms with Crippen LogP contribution in [-0.4, -0.2) is 37.1 Å². The number of nitrogens with zero attached hydrogens (tertiary/aromatic N) is 1. The summed E-state index contributed by atoms with van der Waals surface area (Å²) in [6.45, 7) is 6.97. The highest BCUT2D eigenvalue weighted by Crippen LogP contribution is 2.30. The van der Waals surface area contributed by atoms with E-state index in [4.69, 9.17) is 4.74 Å². The summed E-state index contributed by atoms with van der Waals surface area (Å²) in [5, 5.41) is 0. The molecule has 1 radical (unpaired) electrons. The fourth-order valence-corrected chi connectivity index (χ4v) is 2.76. The molecule has 1 saturated heterocycles. The van der Waals surface area contributed by atoms with E-state index in [9.17, 15) is 4.79 Å². The number of hydrogen-bond acceptors (Lipinski definition) is 2. The Labute approximate surface area is 98.1 Å². The van der Waals surface area contributed by atoms with Gasteiger partial charge in [0, 0.05) is 19.0 Å². The molecule has 3 heteroatoms. The van der Waals surface area contributed by atoms with Crippen LogP contribution in [0.25, 0.3) is 0 Å². The normalized spacial score (nSPS) is 25.4. The molecule has 1 atom stereocenters. The maximum absolute atomic E-state index is 12.2. The minimum Gasteiger partial charge on any atom is -0.378 e. The van der Waals surface area contributed by atoms with Crippen LogP contribution in [0.2, 0.25) is 0 Å². The van der Waals surface area contributed by atoms with Gasteiger partial charge in [0.2, 0.25) is 5.91 Å². The van der Waals surface area contributed by atoms with Crippen molar-refractivity contribution in [2.24, 2.45) is 11.8 Å². The Morgan fingerprint density at radius 3 is 2.44 bits per heavy atom. The minimum absolute atomic E-state index is 0.0293. The van der Waals surface area contributed by atoms with Crippen molar-refractivity contribution in [1.29, 1.82) is 0 Å². The van der Waals surface area contributed by atoms with Crippen molar-refractivity contribution >= 4 is 5.91 Å². The number of hydrogen-bond donors (Lipinski definition) is 0. The van der Waals surface area contributed by atoms with E-state index in [0.717, 1.165) is 13.1 Å². The molecular formula is C13H22NO2. The number of amides is 1. The molecule has 3 nitrogen and oxygen atoms in total. The van der Waals surface area contributed by atoms with Crippen LogP contribution in [-0.2, 0) is 9.53 Å². The molecule has 91 valence electrons. The Balaban J connectivity index is 1.86. The molecule has 0 spiro atoms. The van der Waals surface area contributed by atoms with Crippen LogP contribution in [0.1, 0.15) is 32.1 Å². The van der Waals surface area contributed by atoms with Crippen LogP contribution in [0.3, 0.4) is 0 Å². The zero-order valence-electron chi connectivity index (χ0n) is 9.99. The van der Waals surface area contributed by atoms with Crippen LogP contribution in [0, 0.1) is 18.8 Å². The monoisotopic (exact) mass is 224 g/mol. The molecule has 0 aromatic heterocycles. The van der Waals surface area contributed by atoms with Crippen molar-refractivity contribution in [3.63, 3.8) is 0 Å². The van der Waals surface area contributed by atoms with Crippen molar-refractivity contribution in [2.45, 2.75) is 32.1 Å². The highest BCUT2D eigenvalue weighted by molar-refractivity contribution is 5.79. The number of carbonyl (C=O) groups is 1. The summed E-state index contributed by atoms with van der Waals surface area (Å²) >= 11 is 0. The van der Waals surface area contributed by atoms with Crippen LogP contribution >= 0.6 is 0 Å². The Hall–Kier alpha value is -0.570. The number of carbonyl (C=O) groups excluding carboxylic acids is 1. The lowest BCUT2D eigenvalue weighted by Crippen LogP contribution is -2.45. The smallest absolute Gasteiger partial charge is 0.226 e. The van der Waals surface area contributed by atoms with Crippen molar-refractivity contribution in [3.8, 4) is 0 Å². The molecular weight excluding hydrogens is 202 g/mol. The van der Waals surface area contributed by atoms with E-state index >= 15 is 0 Å². The summed E-state index contributed by atoms with van der Waals surface area (Å²) in [6.07, 6.45) is 6.24. The summed E-state index contributed by atoms with van der Waals surface area (Å²) < 4.78 is 5.26. The largest absolute Gasteiger partial charge is 0.378 e. The predicted octanol–water partition coefficient (Wildman–Crippen LogP) is 1.88. The van der Waals surface area contributed by atoms with Gasteiger partial charge in [0.1, 0.15) is 0 Å². The second-order valence-corrected chi connectivity index (χ2v) is 4.94. The van der Waals surface area contributed by atoms with Crippen molar-refractivity contribution < 1.29 is 9.53 Å². The first kappa shape index (κ1) is 11.9. The van der Waals surface area contributed by atoms with E-state index in [1.54, 1.807) is 0 Å². The molecule has 1 amide bonds. The van der Waals surface area contributed by atoms with Gasteiger partial charge in [-0.3, -0.25) is 4.79 Å². The molecule has 0 aromatic rings. The molecule has 0 aromatic carbocycles. The Morgan fingerprint density at radius 2 is 1.81 bits per heavy atom. The van der Waals surface area contributed by atoms with E-state index in [0.29, 0.717) is 19.1 Å². The summed E-state index contributed by atoms with van der Waals surface area (Å²) in [5.74, 6) is 0.734. The van der Waals surface area contributed by atoms with Gasteiger partial charge in [-0.05, 0) is 25.7 Å². The van der Waals surface area contributed by atoms with Crippen LogP contribution in [0.5, 0.6) is 0 Å². The van der Waals surface area contributed by atoms with Gasteiger partial charge in [0.05, 0.1) is 13.2 Å². The van der Waals surface area contributed by atoms with Gasteiger partial charge in [-0.25, -0.2) is 0 Å². The predicted molar refractivity (Wildman–Crippen MR) is 62.8 cm³/mol. The zero-order valence-corrected chi connectivity index (χ0v) is 9.99. The third-order valence-corrected chi connectivity index (χ3v) is 3.86. The third-order valence-electron chi connectivity index (χ3n) is 3.86. The summed E-state index contributed by atoms with van der Waals surface area (Å²) in [4.78, 5) is 14.1. The number of rotatable bonds is 2. The summed E-state index contributed by atoms with van der Waals surface area (Å²) in [5.41, 5.74) is 0. The van der Waals surface area contributed by atoms with Crippen molar-refractivity contribution in [1.82, 2.24) is 4.90 Å². The summed E-state index contributed by atoms with van der Waals surface area (Å²) in [6, 6.07) is 0. The second-order valence-electron chi connectivity index (χ2n) is 4.94. The van der Waals surface area contributed by atoms with Gasteiger partial charge in [0.25, 0.3) is 0 Å². The highest BCUT2D eigenvalue weighted by atomic mass is 16.5. The first-order valence-electron chi connectivity index (χ1n) is 6.48. The van der Waals surface area contributed by atoms with Crippen LogP contribution < -0.4 is 0 Å². The molecule has 0 N–H and O–H groups in total. The van der Waals surface area contributed by atoms with Gasteiger partial charge < -0.3 is 9.64 Å². The van der Waals surface area contributed by atoms with Crippen molar-refractivity contribution in [3.05, 3.63) is 6.92 Å². The molecule has 2 rings (SSSR count). The Kier molecular flexibility index (Phi) is 4.22. The molecule has 2 fully saturated rings. The van der Waals surface area contributed by atoms with E-state index in [1.807, 2.05) is 4.90 Å². The molecule has 16 heavy (non-hydrogen) atoms. The first-order chi connectivity index (χ1) is 7.79. The fourth-order valence-electron chi connectivity index (χ4n) is 2.76. The van der Waals surface area contributed by atoms with Gasteiger partial charge in [-0.1, -0.05) is 19.3 Å². The average molecular weight is 224 g/mol. The summed E-state index contributed by atoms with van der Waals surface area (Å²) in [7, 11) is 0. The molecule has 1 saturated carbocycles. The number of morpholine rings is 1. The molecule has 1 unspecified atom stereocenters. The van der Waals surface area contributed by atoms with E-state index in [1.165, 1.54) is 32.1 Å². The second kappa shape index (κ2) is 5.67. The average Bonchev–Trinajstić information content (AvgIpc) is 2.39. The van der Waals surface area contributed by atoms with Crippen LogP contribution in [0.4, 0.5) is 0 Å². The van der Waals surface area contributed by atoms with Crippen LogP contribution in [0.15, 0.2) is 0 Å². The molecule has 0 bridgehead atoms. The Morgan fingerprint density at radius 1 is 1.19 bits per heavy atom.